The predicted molar refractivity (Wildman–Crippen MR) is 60.3 cm³/mol. The number of hydrogen-bond donors (Lipinski definition) is 1. The summed E-state index contributed by atoms with van der Waals surface area (Å²) in [6.07, 6.45) is 1.18. The van der Waals surface area contributed by atoms with Gasteiger partial charge in [-0.1, -0.05) is 18.2 Å². The number of aliphatic carboxylic acids is 1. The maximum atomic E-state index is 10.9. The van der Waals surface area contributed by atoms with E-state index < -0.39 is 5.97 Å². The van der Waals surface area contributed by atoms with E-state index in [1.54, 1.807) is 0 Å². The molecule has 80 valence electrons. The zero-order valence-corrected chi connectivity index (χ0v) is 8.68. The van der Waals surface area contributed by atoms with Crippen LogP contribution in [0.2, 0.25) is 0 Å². The number of benzene rings is 1. The van der Waals surface area contributed by atoms with Crippen LogP contribution in [0.5, 0.6) is 0 Å². The topological polar surface area (TPSA) is 50.2 Å². The molecule has 0 saturated heterocycles. The average Bonchev–Trinajstić information content (AvgIpc) is 2.68. The first-order valence-corrected chi connectivity index (χ1v) is 5.34. The van der Waals surface area contributed by atoms with Gasteiger partial charge < -0.3 is 5.11 Å². The van der Waals surface area contributed by atoms with Crippen molar-refractivity contribution >= 4 is 16.9 Å². The molecule has 0 spiro atoms. The van der Waals surface area contributed by atoms with E-state index in [-0.39, 0.29) is 5.92 Å². The first-order chi connectivity index (χ1) is 7.74. The average molecular weight is 213 g/mol. The van der Waals surface area contributed by atoms with Crippen molar-refractivity contribution in [2.75, 3.05) is 0 Å². The van der Waals surface area contributed by atoms with Crippen molar-refractivity contribution < 1.29 is 9.90 Å². The van der Waals surface area contributed by atoms with Gasteiger partial charge in [-0.2, -0.15) is 0 Å². The van der Waals surface area contributed by atoms with Crippen molar-refractivity contribution in [1.29, 1.82) is 0 Å². The molecule has 1 aromatic carbocycles. The number of carboxylic acid groups (broad SMARTS) is 1. The number of carboxylic acids is 1. The summed E-state index contributed by atoms with van der Waals surface area (Å²) in [5.74, 6) is -1.01. The third kappa shape index (κ3) is 1.36. The Kier molecular flexibility index (Phi) is 1.93. The smallest absolute Gasteiger partial charge is 0.307 e. The Balaban J connectivity index is 2.11. The highest BCUT2D eigenvalue weighted by atomic mass is 16.4. The maximum absolute atomic E-state index is 10.9. The predicted octanol–water partition coefficient (Wildman–Crippen LogP) is 2.03. The van der Waals surface area contributed by atoms with Gasteiger partial charge in [-0.15, -0.1) is 0 Å². The minimum atomic E-state index is -0.720. The molecule has 1 atom stereocenters. The summed E-state index contributed by atoms with van der Waals surface area (Å²) in [4.78, 5) is 15.5. The molecule has 3 rings (SSSR count). The number of aromatic nitrogens is 1. The van der Waals surface area contributed by atoms with Gasteiger partial charge in [0, 0.05) is 17.5 Å². The Bertz CT molecular complexity index is 533. The number of rotatable bonds is 1. The van der Waals surface area contributed by atoms with E-state index in [1.165, 1.54) is 0 Å². The fourth-order valence-corrected chi connectivity index (χ4v) is 2.30. The Morgan fingerprint density at radius 2 is 2.12 bits per heavy atom. The van der Waals surface area contributed by atoms with Crippen LogP contribution in [-0.4, -0.2) is 16.1 Å². The molecular weight excluding hydrogens is 202 g/mol. The minimum absolute atomic E-state index is 0.292. The normalized spacial score (nSPS) is 18.6. The zero-order chi connectivity index (χ0) is 11.1. The van der Waals surface area contributed by atoms with E-state index in [9.17, 15) is 4.79 Å². The Morgan fingerprint density at radius 3 is 2.94 bits per heavy atom. The van der Waals surface area contributed by atoms with Crippen LogP contribution in [0.3, 0.4) is 0 Å². The molecule has 1 heterocycles. The molecule has 0 amide bonds. The van der Waals surface area contributed by atoms with E-state index in [0.717, 1.165) is 22.2 Å². The highest BCUT2D eigenvalue weighted by Crippen LogP contribution is 2.28. The second kappa shape index (κ2) is 3.30. The van der Waals surface area contributed by atoms with E-state index in [4.69, 9.17) is 5.11 Å². The number of hydrogen-bond acceptors (Lipinski definition) is 2. The molecule has 0 bridgehead atoms. The molecule has 16 heavy (non-hydrogen) atoms. The van der Waals surface area contributed by atoms with E-state index in [0.29, 0.717) is 12.8 Å². The van der Waals surface area contributed by atoms with Crippen LogP contribution < -0.4 is 0 Å². The Labute approximate surface area is 92.7 Å². The molecule has 0 fully saturated rings. The van der Waals surface area contributed by atoms with Crippen molar-refractivity contribution in [3.05, 3.63) is 41.6 Å². The van der Waals surface area contributed by atoms with Gasteiger partial charge >= 0.3 is 5.97 Å². The van der Waals surface area contributed by atoms with Gasteiger partial charge in [0.05, 0.1) is 11.4 Å². The first kappa shape index (κ1) is 9.33. The lowest BCUT2D eigenvalue weighted by molar-refractivity contribution is -0.141. The first-order valence-electron chi connectivity index (χ1n) is 5.34. The summed E-state index contributed by atoms with van der Waals surface area (Å²) < 4.78 is 0. The molecule has 2 aromatic rings. The van der Waals surface area contributed by atoms with Gasteiger partial charge in [0.1, 0.15) is 0 Å². The molecule has 0 aliphatic heterocycles. The van der Waals surface area contributed by atoms with Crippen molar-refractivity contribution in [3.63, 3.8) is 0 Å². The molecule has 3 nitrogen and oxygen atoms in total. The molecule has 3 heteroatoms. The van der Waals surface area contributed by atoms with Crippen LogP contribution in [0.15, 0.2) is 30.3 Å². The van der Waals surface area contributed by atoms with Crippen LogP contribution in [0.25, 0.3) is 10.9 Å². The van der Waals surface area contributed by atoms with Crippen LogP contribution >= 0.6 is 0 Å². The standard InChI is InChI=1S/C13H11NO2/c15-13(16)10-6-9-5-8-3-1-2-4-11(8)14-12(9)7-10/h1-5,10H,6-7H2,(H,15,16). The van der Waals surface area contributed by atoms with Crippen LogP contribution in [0, 0.1) is 5.92 Å². The summed E-state index contributed by atoms with van der Waals surface area (Å²) in [7, 11) is 0. The van der Waals surface area contributed by atoms with Crippen LogP contribution in [-0.2, 0) is 17.6 Å². The second-order valence-corrected chi connectivity index (χ2v) is 4.23. The van der Waals surface area contributed by atoms with Crippen molar-refractivity contribution in [1.82, 2.24) is 4.98 Å². The number of fused-ring (bicyclic) bond motifs is 2. The monoisotopic (exact) mass is 213 g/mol. The molecule has 1 aromatic heterocycles. The molecular formula is C13H11NO2. The second-order valence-electron chi connectivity index (χ2n) is 4.23. The van der Waals surface area contributed by atoms with E-state index in [1.807, 2.05) is 24.3 Å². The summed E-state index contributed by atoms with van der Waals surface area (Å²) in [6, 6.07) is 9.96. The Hall–Kier alpha value is -1.90. The fourth-order valence-electron chi connectivity index (χ4n) is 2.30. The zero-order valence-electron chi connectivity index (χ0n) is 8.68. The highest BCUT2D eigenvalue weighted by molar-refractivity contribution is 5.80. The quantitative estimate of drug-likeness (QED) is 0.788. The highest BCUT2D eigenvalue weighted by Gasteiger charge is 2.28. The lowest BCUT2D eigenvalue weighted by Crippen LogP contribution is -2.13. The summed E-state index contributed by atoms with van der Waals surface area (Å²) in [5.41, 5.74) is 2.99. The number of pyridine rings is 1. The van der Waals surface area contributed by atoms with Crippen LogP contribution in [0.1, 0.15) is 11.3 Å². The SMILES string of the molecule is O=C(O)C1Cc2cc3ccccc3nc2C1. The Morgan fingerprint density at radius 1 is 1.31 bits per heavy atom. The van der Waals surface area contributed by atoms with Gasteiger partial charge in [0.15, 0.2) is 0 Å². The summed E-state index contributed by atoms with van der Waals surface area (Å²) in [6.45, 7) is 0. The third-order valence-electron chi connectivity index (χ3n) is 3.15. The third-order valence-corrected chi connectivity index (χ3v) is 3.15. The van der Waals surface area contributed by atoms with Crippen molar-refractivity contribution in [2.24, 2.45) is 5.92 Å². The van der Waals surface area contributed by atoms with Gasteiger partial charge in [0.25, 0.3) is 0 Å². The number of nitrogens with zero attached hydrogens (tertiary/aromatic N) is 1. The van der Waals surface area contributed by atoms with E-state index >= 15 is 0 Å². The largest absolute Gasteiger partial charge is 0.481 e. The van der Waals surface area contributed by atoms with Gasteiger partial charge in [-0.3, -0.25) is 9.78 Å². The number of carbonyl (C=O) groups is 1. The van der Waals surface area contributed by atoms with Crippen molar-refractivity contribution in [2.45, 2.75) is 12.8 Å². The minimum Gasteiger partial charge on any atom is -0.481 e. The molecule has 0 radical (unpaired) electrons. The maximum Gasteiger partial charge on any atom is 0.307 e. The number of para-hydroxylation sites is 1. The molecule has 1 N–H and O–H groups in total. The summed E-state index contributed by atoms with van der Waals surface area (Å²) >= 11 is 0. The molecule has 1 aliphatic carbocycles. The lowest BCUT2D eigenvalue weighted by atomic mass is 10.1. The molecule has 1 aliphatic rings. The van der Waals surface area contributed by atoms with E-state index in [2.05, 4.69) is 11.1 Å². The molecule has 1 unspecified atom stereocenters. The fraction of sp³-hybridized carbons (Fsp3) is 0.231. The lowest BCUT2D eigenvalue weighted by Gasteiger charge is -2.01. The van der Waals surface area contributed by atoms with Crippen LogP contribution in [0.4, 0.5) is 0 Å². The van der Waals surface area contributed by atoms with Gasteiger partial charge in [-0.25, -0.2) is 0 Å². The molecule has 0 saturated carbocycles. The van der Waals surface area contributed by atoms with Crippen molar-refractivity contribution in [3.8, 4) is 0 Å². The van der Waals surface area contributed by atoms with Gasteiger partial charge in [-0.05, 0) is 24.1 Å². The summed E-state index contributed by atoms with van der Waals surface area (Å²) in [5, 5.41) is 10.1. The van der Waals surface area contributed by atoms with Gasteiger partial charge in [0.2, 0.25) is 0 Å².